The zero-order chi connectivity index (χ0) is 19.8. The second-order valence-electron chi connectivity index (χ2n) is 6.60. The van der Waals surface area contributed by atoms with Crippen LogP contribution in [0, 0.1) is 13.8 Å². The standard InChI is InChI=1S/C25H25NO2/c1-4-21(18-27-24-12-8-9-20(3)17-24)25(28-23-10-6-5-7-11-23)26-22-15-13-19(2)14-16-22/h5-18H,4H2,1-3H3/b21-18+,26-25?. The van der Waals surface area contributed by atoms with Crippen molar-refractivity contribution < 1.29 is 9.47 Å². The Bertz CT molecular complexity index is 957. The van der Waals surface area contributed by atoms with Crippen LogP contribution in [0.25, 0.3) is 0 Å². The summed E-state index contributed by atoms with van der Waals surface area (Å²) in [7, 11) is 0. The highest BCUT2D eigenvalue weighted by Crippen LogP contribution is 2.20. The van der Waals surface area contributed by atoms with Gasteiger partial charge in [0.05, 0.1) is 11.9 Å². The number of aryl methyl sites for hydroxylation is 2. The quantitative estimate of drug-likeness (QED) is 0.271. The van der Waals surface area contributed by atoms with Crippen LogP contribution in [0.2, 0.25) is 0 Å². The molecule has 0 saturated carbocycles. The smallest absolute Gasteiger partial charge is 0.226 e. The highest BCUT2D eigenvalue weighted by molar-refractivity contribution is 5.96. The van der Waals surface area contributed by atoms with E-state index >= 15 is 0 Å². The molecule has 0 amide bonds. The SMILES string of the molecule is CC/C(=C\Oc1cccc(C)c1)C(=Nc1ccc(C)cc1)Oc1ccccc1. The number of nitrogens with zero attached hydrogens (tertiary/aromatic N) is 1. The van der Waals surface area contributed by atoms with Crippen LogP contribution in [0.5, 0.6) is 11.5 Å². The van der Waals surface area contributed by atoms with Crippen molar-refractivity contribution in [2.24, 2.45) is 4.99 Å². The summed E-state index contributed by atoms with van der Waals surface area (Å²) >= 11 is 0. The molecule has 3 aromatic rings. The zero-order valence-electron chi connectivity index (χ0n) is 16.6. The first-order valence-electron chi connectivity index (χ1n) is 9.45. The molecule has 0 aliphatic carbocycles. The van der Waals surface area contributed by atoms with Gasteiger partial charge >= 0.3 is 0 Å². The summed E-state index contributed by atoms with van der Waals surface area (Å²) in [6.45, 7) is 6.16. The summed E-state index contributed by atoms with van der Waals surface area (Å²) in [6, 6.07) is 25.7. The molecular weight excluding hydrogens is 346 g/mol. The number of para-hydroxylation sites is 1. The van der Waals surface area contributed by atoms with E-state index in [1.165, 1.54) is 5.56 Å². The van der Waals surface area contributed by atoms with Gasteiger partial charge in [-0.1, -0.05) is 55.0 Å². The second-order valence-corrected chi connectivity index (χ2v) is 6.60. The molecule has 0 heterocycles. The average molecular weight is 371 g/mol. The molecule has 28 heavy (non-hydrogen) atoms. The van der Waals surface area contributed by atoms with Crippen molar-refractivity contribution in [1.29, 1.82) is 0 Å². The van der Waals surface area contributed by atoms with E-state index in [1.807, 2.05) is 85.8 Å². The van der Waals surface area contributed by atoms with Crippen molar-refractivity contribution in [2.45, 2.75) is 27.2 Å². The number of hydrogen-bond acceptors (Lipinski definition) is 3. The van der Waals surface area contributed by atoms with Crippen LogP contribution in [-0.4, -0.2) is 5.90 Å². The Morgan fingerprint density at radius 2 is 1.54 bits per heavy atom. The van der Waals surface area contributed by atoms with E-state index in [4.69, 9.17) is 14.5 Å². The first-order chi connectivity index (χ1) is 13.6. The van der Waals surface area contributed by atoms with Crippen molar-refractivity contribution in [2.75, 3.05) is 0 Å². The Labute approximate surface area is 167 Å². The van der Waals surface area contributed by atoms with Gasteiger partial charge in [-0.05, 0) is 62.2 Å². The Balaban J connectivity index is 1.92. The maximum Gasteiger partial charge on any atom is 0.226 e. The first kappa shape index (κ1) is 19.4. The Morgan fingerprint density at radius 3 is 2.21 bits per heavy atom. The van der Waals surface area contributed by atoms with Gasteiger partial charge in [-0.25, -0.2) is 4.99 Å². The molecule has 0 aliphatic rings. The normalized spacial score (nSPS) is 12.0. The topological polar surface area (TPSA) is 30.8 Å². The molecule has 0 atom stereocenters. The predicted octanol–water partition coefficient (Wildman–Crippen LogP) is 6.79. The van der Waals surface area contributed by atoms with Crippen LogP contribution < -0.4 is 9.47 Å². The van der Waals surface area contributed by atoms with Crippen LogP contribution in [0.4, 0.5) is 5.69 Å². The minimum atomic E-state index is 0.533. The minimum absolute atomic E-state index is 0.533. The Hall–Kier alpha value is -3.33. The summed E-state index contributed by atoms with van der Waals surface area (Å²) in [5.74, 6) is 2.06. The van der Waals surface area contributed by atoms with Crippen molar-refractivity contribution in [3.8, 4) is 11.5 Å². The Kier molecular flexibility index (Phi) is 6.64. The van der Waals surface area contributed by atoms with Gasteiger partial charge in [-0.2, -0.15) is 0 Å². The van der Waals surface area contributed by atoms with E-state index in [9.17, 15) is 0 Å². The van der Waals surface area contributed by atoms with Crippen LogP contribution in [-0.2, 0) is 0 Å². The van der Waals surface area contributed by atoms with Gasteiger partial charge in [-0.15, -0.1) is 0 Å². The maximum absolute atomic E-state index is 6.12. The lowest BCUT2D eigenvalue weighted by atomic mass is 10.2. The first-order valence-corrected chi connectivity index (χ1v) is 9.45. The maximum atomic E-state index is 6.12. The van der Waals surface area contributed by atoms with E-state index in [0.717, 1.165) is 34.7 Å². The summed E-state index contributed by atoms with van der Waals surface area (Å²) in [5, 5.41) is 0. The molecule has 0 fully saturated rings. The fourth-order valence-electron chi connectivity index (χ4n) is 2.61. The molecule has 0 bridgehead atoms. The number of rotatable bonds is 6. The largest absolute Gasteiger partial charge is 0.465 e. The van der Waals surface area contributed by atoms with Gasteiger partial charge in [0.25, 0.3) is 0 Å². The molecule has 0 unspecified atom stereocenters. The fraction of sp³-hybridized carbons (Fsp3) is 0.160. The third-order valence-corrected chi connectivity index (χ3v) is 4.20. The molecule has 3 heteroatoms. The van der Waals surface area contributed by atoms with Crippen molar-refractivity contribution in [3.05, 3.63) is 102 Å². The highest BCUT2D eigenvalue weighted by atomic mass is 16.5. The van der Waals surface area contributed by atoms with Gasteiger partial charge in [-0.3, -0.25) is 0 Å². The monoisotopic (exact) mass is 371 g/mol. The number of ether oxygens (including phenoxy) is 2. The summed E-state index contributed by atoms with van der Waals surface area (Å²) in [4.78, 5) is 4.74. The van der Waals surface area contributed by atoms with Crippen molar-refractivity contribution in [1.82, 2.24) is 0 Å². The molecule has 0 spiro atoms. The summed E-state index contributed by atoms with van der Waals surface area (Å²) < 4.78 is 12.0. The highest BCUT2D eigenvalue weighted by Gasteiger charge is 2.10. The lowest BCUT2D eigenvalue weighted by Gasteiger charge is -2.12. The average Bonchev–Trinajstić information content (AvgIpc) is 2.71. The van der Waals surface area contributed by atoms with Crippen LogP contribution in [0.15, 0.2) is 95.7 Å². The third kappa shape index (κ3) is 5.58. The minimum Gasteiger partial charge on any atom is -0.465 e. The van der Waals surface area contributed by atoms with E-state index in [1.54, 1.807) is 6.26 Å². The lowest BCUT2D eigenvalue weighted by Crippen LogP contribution is -2.12. The van der Waals surface area contributed by atoms with Gasteiger partial charge in [0, 0.05) is 5.57 Å². The number of benzene rings is 3. The molecular formula is C25H25NO2. The van der Waals surface area contributed by atoms with Crippen LogP contribution in [0.1, 0.15) is 24.5 Å². The molecule has 142 valence electrons. The van der Waals surface area contributed by atoms with Gasteiger partial charge in [0.2, 0.25) is 5.90 Å². The molecule has 0 radical (unpaired) electrons. The molecule has 0 aliphatic heterocycles. The van der Waals surface area contributed by atoms with Gasteiger partial charge in [0.15, 0.2) is 0 Å². The Morgan fingerprint density at radius 1 is 0.821 bits per heavy atom. The summed E-state index contributed by atoms with van der Waals surface area (Å²) in [5.41, 5.74) is 4.06. The van der Waals surface area contributed by atoms with E-state index in [0.29, 0.717) is 5.90 Å². The van der Waals surface area contributed by atoms with Gasteiger partial charge in [0.1, 0.15) is 11.5 Å². The summed E-state index contributed by atoms with van der Waals surface area (Å²) in [6.07, 6.45) is 2.45. The number of hydrogen-bond donors (Lipinski definition) is 0. The van der Waals surface area contributed by atoms with Crippen molar-refractivity contribution in [3.63, 3.8) is 0 Å². The lowest BCUT2D eigenvalue weighted by molar-refractivity contribution is 0.471. The van der Waals surface area contributed by atoms with Crippen molar-refractivity contribution >= 4 is 11.6 Å². The molecule has 0 N–H and O–H groups in total. The molecule has 0 aromatic heterocycles. The van der Waals surface area contributed by atoms with Crippen LogP contribution in [0.3, 0.4) is 0 Å². The van der Waals surface area contributed by atoms with Gasteiger partial charge < -0.3 is 9.47 Å². The second kappa shape index (κ2) is 9.56. The van der Waals surface area contributed by atoms with E-state index < -0.39 is 0 Å². The zero-order valence-corrected chi connectivity index (χ0v) is 16.6. The predicted molar refractivity (Wildman–Crippen MR) is 116 cm³/mol. The fourth-order valence-corrected chi connectivity index (χ4v) is 2.61. The molecule has 0 saturated heterocycles. The van der Waals surface area contributed by atoms with E-state index in [2.05, 4.69) is 13.8 Å². The van der Waals surface area contributed by atoms with E-state index in [-0.39, 0.29) is 0 Å². The van der Waals surface area contributed by atoms with Crippen LogP contribution >= 0.6 is 0 Å². The molecule has 3 rings (SSSR count). The third-order valence-electron chi connectivity index (χ3n) is 4.20. The number of aliphatic imine (C=N–C) groups is 1. The molecule has 3 nitrogen and oxygen atoms in total. The molecule has 3 aromatic carbocycles.